The van der Waals surface area contributed by atoms with Gasteiger partial charge in [-0.15, -0.1) is 13.2 Å². The number of fused-ring (bicyclic) bond motifs is 1. The number of rotatable bonds is 8. The van der Waals surface area contributed by atoms with Crippen LogP contribution in [0.5, 0.6) is 5.75 Å². The summed E-state index contributed by atoms with van der Waals surface area (Å²) < 4.78 is 43.8. The Kier molecular flexibility index (Phi) is 7.16. The molecule has 0 spiro atoms. The number of halogens is 3. The number of ether oxygens (including phenoxy) is 1. The van der Waals surface area contributed by atoms with E-state index in [1.807, 2.05) is 36.4 Å². The molecule has 6 nitrogen and oxygen atoms in total. The van der Waals surface area contributed by atoms with Gasteiger partial charge in [-0.1, -0.05) is 57.2 Å². The zero-order valence-electron chi connectivity index (χ0n) is 20.7. The molecule has 4 rings (SSSR count). The maximum Gasteiger partial charge on any atom is 0.573 e. The summed E-state index contributed by atoms with van der Waals surface area (Å²) in [4.78, 5) is 15.9. The second-order valence-electron chi connectivity index (χ2n) is 9.90. The summed E-state index contributed by atoms with van der Waals surface area (Å²) in [5.41, 5.74) is 3.76. The highest BCUT2D eigenvalue weighted by Crippen LogP contribution is 2.41. The molecule has 0 bridgehead atoms. The molecule has 0 aliphatic rings. The Morgan fingerprint density at radius 1 is 1.03 bits per heavy atom. The number of hydrogen-bond donors (Lipinski definition) is 2. The van der Waals surface area contributed by atoms with Crippen molar-refractivity contribution in [2.75, 3.05) is 5.32 Å². The van der Waals surface area contributed by atoms with Gasteiger partial charge in [-0.3, -0.25) is 4.79 Å². The highest BCUT2D eigenvalue weighted by molar-refractivity contribution is 5.81. The van der Waals surface area contributed by atoms with Crippen molar-refractivity contribution in [3.63, 3.8) is 0 Å². The number of nitrogens with zero attached hydrogens (tertiary/aromatic N) is 2. The number of aromatic nitrogens is 2. The molecule has 0 unspecified atom stereocenters. The first-order valence-corrected chi connectivity index (χ1v) is 11.8. The molecular formula is C28H28F3N3O3. The summed E-state index contributed by atoms with van der Waals surface area (Å²) in [6, 6.07) is 21.1. The number of carbonyl (C=O) groups is 1. The summed E-state index contributed by atoms with van der Waals surface area (Å²) in [5, 5.41) is 12.3. The maximum atomic E-state index is 12.6. The molecule has 9 heteroatoms. The summed E-state index contributed by atoms with van der Waals surface area (Å²) in [6.45, 7) is 6.39. The zero-order chi connectivity index (χ0) is 26.8. The second kappa shape index (κ2) is 10.2. The predicted molar refractivity (Wildman–Crippen MR) is 136 cm³/mol. The smallest absolute Gasteiger partial charge is 0.481 e. The van der Waals surface area contributed by atoms with E-state index < -0.39 is 12.3 Å². The first kappa shape index (κ1) is 26.1. The van der Waals surface area contributed by atoms with E-state index in [-0.39, 0.29) is 23.6 Å². The number of alkyl halides is 3. The lowest BCUT2D eigenvalue weighted by Gasteiger charge is -2.34. The van der Waals surface area contributed by atoms with Crippen LogP contribution >= 0.6 is 0 Å². The Morgan fingerprint density at radius 3 is 2.30 bits per heavy atom. The van der Waals surface area contributed by atoms with Crippen molar-refractivity contribution in [3.05, 3.63) is 83.9 Å². The molecule has 4 aromatic rings. The quantitative estimate of drug-likeness (QED) is 0.259. The Labute approximate surface area is 212 Å². The van der Waals surface area contributed by atoms with E-state index in [2.05, 4.69) is 47.5 Å². The molecular weight excluding hydrogens is 483 g/mol. The van der Waals surface area contributed by atoms with Gasteiger partial charge >= 0.3 is 12.3 Å². The molecule has 0 saturated carbocycles. The van der Waals surface area contributed by atoms with Gasteiger partial charge in [0.1, 0.15) is 5.75 Å². The monoisotopic (exact) mass is 511 g/mol. The number of aryl methyl sites for hydroxylation is 1. The van der Waals surface area contributed by atoms with Crippen LogP contribution in [0.25, 0.3) is 11.0 Å². The molecule has 0 saturated heterocycles. The van der Waals surface area contributed by atoms with Gasteiger partial charge in [0.2, 0.25) is 5.95 Å². The molecule has 0 amide bonds. The normalized spacial score (nSPS) is 12.9. The summed E-state index contributed by atoms with van der Waals surface area (Å²) in [7, 11) is 0. The second-order valence-corrected chi connectivity index (χ2v) is 9.90. The molecule has 194 valence electrons. The van der Waals surface area contributed by atoms with Crippen molar-refractivity contribution in [2.45, 2.75) is 46.0 Å². The van der Waals surface area contributed by atoms with Gasteiger partial charge < -0.3 is 19.7 Å². The number of nitrogens with one attached hydrogen (secondary N) is 1. The summed E-state index contributed by atoms with van der Waals surface area (Å²) in [6.07, 6.45) is -4.38. The number of aliphatic carboxylic acids is 1. The first-order valence-electron chi connectivity index (χ1n) is 11.8. The van der Waals surface area contributed by atoms with Gasteiger partial charge in [0, 0.05) is 12.1 Å². The van der Waals surface area contributed by atoms with Crippen LogP contribution in [0.3, 0.4) is 0 Å². The zero-order valence-corrected chi connectivity index (χ0v) is 20.7. The average molecular weight is 512 g/mol. The van der Waals surface area contributed by atoms with E-state index in [1.165, 1.54) is 24.3 Å². The lowest BCUT2D eigenvalue weighted by molar-refractivity contribution is -0.274. The Morgan fingerprint density at radius 2 is 1.70 bits per heavy atom. The molecule has 3 aromatic carbocycles. The van der Waals surface area contributed by atoms with Gasteiger partial charge in [0.25, 0.3) is 0 Å². The summed E-state index contributed by atoms with van der Waals surface area (Å²) >= 11 is 0. The van der Waals surface area contributed by atoms with Crippen LogP contribution < -0.4 is 10.1 Å². The molecule has 0 aliphatic heterocycles. The van der Waals surface area contributed by atoms with Crippen molar-refractivity contribution in [3.8, 4) is 5.75 Å². The number of carboxylic acid groups (broad SMARTS) is 1. The van der Waals surface area contributed by atoms with Gasteiger partial charge in [-0.2, -0.15) is 0 Å². The molecule has 2 N–H and O–H groups in total. The third-order valence-corrected chi connectivity index (χ3v) is 5.92. The van der Waals surface area contributed by atoms with Gasteiger partial charge in [0.15, 0.2) is 0 Å². The minimum absolute atomic E-state index is 0.0122. The molecule has 0 aliphatic carbocycles. The molecule has 37 heavy (non-hydrogen) atoms. The van der Waals surface area contributed by atoms with Crippen molar-refractivity contribution >= 4 is 28.6 Å². The number of imidazole rings is 1. The van der Waals surface area contributed by atoms with Gasteiger partial charge in [0.05, 0.1) is 17.1 Å². The number of benzene rings is 3. The first-order chi connectivity index (χ1) is 17.4. The van der Waals surface area contributed by atoms with Crippen LogP contribution in [-0.2, 0) is 11.2 Å². The van der Waals surface area contributed by atoms with E-state index in [1.54, 1.807) is 0 Å². The Balaban J connectivity index is 1.81. The molecule has 1 heterocycles. The third kappa shape index (κ3) is 6.41. The molecule has 1 aromatic heterocycles. The standard InChI is InChI=1S/C28H28F3N3O3/c1-27(2,3)25(19-7-5-4-6-8-19)34-23-15-9-18(10-16-24(35)36)17-22(23)33-26(34)32-20-11-13-21(14-12-20)37-28(29,30)31/h4-9,11-15,17,25H,10,16H2,1-3H3,(H,32,33)(H,35,36)/t25-/m0/s1. The van der Waals surface area contributed by atoms with Crippen molar-refractivity contribution in [1.29, 1.82) is 0 Å². The fourth-order valence-corrected chi connectivity index (χ4v) is 4.44. The lowest BCUT2D eigenvalue weighted by atomic mass is 9.82. The van der Waals surface area contributed by atoms with Crippen LogP contribution in [0.1, 0.15) is 44.4 Å². The van der Waals surface area contributed by atoms with E-state index in [4.69, 9.17) is 10.1 Å². The Bertz CT molecular complexity index is 1380. The van der Waals surface area contributed by atoms with E-state index >= 15 is 0 Å². The summed E-state index contributed by atoms with van der Waals surface area (Å²) in [5.74, 6) is -0.673. The fraction of sp³-hybridized carbons (Fsp3) is 0.286. The van der Waals surface area contributed by atoms with Crippen molar-refractivity contribution < 1.29 is 27.8 Å². The van der Waals surface area contributed by atoms with E-state index in [9.17, 15) is 18.0 Å². The lowest BCUT2D eigenvalue weighted by Crippen LogP contribution is -2.26. The minimum Gasteiger partial charge on any atom is -0.481 e. The van der Waals surface area contributed by atoms with E-state index in [0.717, 1.165) is 16.6 Å². The fourth-order valence-electron chi connectivity index (χ4n) is 4.44. The minimum atomic E-state index is -4.77. The van der Waals surface area contributed by atoms with Gasteiger partial charge in [-0.25, -0.2) is 4.98 Å². The maximum absolute atomic E-state index is 12.6. The topological polar surface area (TPSA) is 76.4 Å². The third-order valence-electron chi connectivity index (χ3n) is 5.92. The highest BCUT2D eigenvalue weighted by atomic mass is 19.4. The van der Waals surface area contributed by atoms with Crippen LogP contribution in [0.2, 0.25) is 0 Å². The van der Waals surface area contributed by atoms with Crippen molar-refractivity contribution in [1.82, 2.24) is 9.55 Å². The van der Waals surface area contributed by atoms with Crippen LogP contribution in [0.4, 0.5) is 24.8 Å². The van der Waals surface area contributed by atoms with Crippen LogP contribution in [0.15, 0.2) is 72.8 Å². The number of hydrogen-bond acceptors (Lipinski definition) is 4. The average Bonchev–Trinajstić information content (AvgIpc) is 3.14. The molecule has 0 fully saturated rings. The Hall–Kier alpha value is -4.01. The SMILES string of the molecule is CC(C)(C)[C@H](c1ccccc1)n1c(Nc2ccc(OC(F)(F)F)cc2)nc2cc(CCC(=O)O)ccc21. The van der Waals surface area contributed by atoms with Crippen LogP contribution in [0, 0.1) is 5.41 Å². The van der Waals surface area contributed by atoms with Crippen molar-refractivity contribution in [2.24, 2.45) is 5.41 Å². The van der Waals surface area contributed by atoms with Crippen LogP contribution in [-0.4, -0.2) is 27.0 Å². The number of carboxylic acids is 1. The molecule has 1 atom stereocenters. The number of anilines is 2. The predicted octanol–water partition coefficient (Wildman–Crippen LogP) is 7.33. The molecule has 0 radical (unpaired) electrons. The van der Waals surface area contributed by atoms with E-state index in [0.29, 0.717) is 23.6 Å². The highest BCUT2D eigenvalue weighted by Gasteiger charge is 2.32. The van der Waals surface area contributed by atoms with Gasteiger partial charge in [-0.05, 0) is 59.4 Å². The largest absolute Gasteiger partial charge is 0.573 e.